The minimum atomic E-state index is -1.78. The molecule has 0 bridgehead atoms. The van der Waals surface area contributed by atoms with Crippen molar-refractivity contribution in [1.82, 2.24) is 0 Å². The van der Waals surface area contributed by atoms with E-state index in [1.807, 2.05) is 24.3 Å². The van der Waals surface area contributed by atoms with E-state index in [9.17, 15) is 9.59 Å². The minimum absolute atomic E-state index is 0.0859. The SMILES string of the molecule is [CH2]CCCCCCC[C](OOC(=O)c1ccc([Si](C=C)(CC)CC)cc1)OOC(=O)c1ccc([Si](C=C)(CC)CC)cc1. The quantitative estimate of drug-likeness (QED) is 0.0602. The van der Waals surface area contributed by atoms with Gasteiger partial charge in [-0.2, -0.15) is 0 Å². The van der Waals surface area contributed by atoms with Crippen LogP contribution >= 0.6 is 0 Å². The summed E-state index contributed by atoms with van der Waals surface area (Å²) in [5.74, 6) is -1.32. The van der Waals surface area contributed by atoms with Crippen molar-refractivity contribution in [3.05, 3.63) is 97.4 Å². The summed E-state index contributed by atoms with van der Waals surface area (Å²) in [7, 11) is -3.56. The van der Waals surface area contributed by atoms with Crippen molar-refractivity contribution in [3.63, 3.8) is 0 Å². The number of carbonyl (C=O) groups is 2. The Morgan fingerprint density at radius 1 is 0.605 bits per heavy atom. The molecule has 234 valence electrons. The highest BCUT2D eigenvalue weighted by molar-refractivity contribution is 6.96. The molecule has 0 aliphatic rings. The molecule has 0 spiro atoms. The highest BCUT2D eigenvalue weighted by Crippen LogP contribution is 2.21. The largest absolute Gasteiger partial charge is 0.373 e. The molecular formula is C35H50O6Si2. The van der Waals surface area contributed by atoms with Crippen molar-refractivity contribution >= 4 is 38.5 Å². The van der Waals surface area contributed by atoms with Crippen molar-refractivity contribution in [2.45, 2.75) is 96.8 Å². The molecule has 6 nitrogen and oxygen atoms in total. The molecule has 2 aromatic rings. The Balaban J connectivity index is 2.04. The lowest BCUT2D eigenvalue weighted by Crippen LogP contribution is -2.44. The molecule has 0 amide bonds. The molecule has 0 heterocycles. The number of unbranched alkanes of at least 4 members (excludes halogenated alkanes) is 5. The van der Waals surface area contributed by atoms with Gasteiger partial charge in [-0.25, -0.2) is 9.59 Å². The molecule has 0 saturated carbocycles. The Bertz CT molecular complexity index is 1050. The standard InChI is InChI=1S/C35H50O6Si2/c1-8-15-16-17-18-19-20-33(38-40-34(36)29-21-25-31(26-22-29)42(9-2,10-3)11-4)39-41-35(37)30-23-27-32(28-24-30)43(12-5,13-6)14-7/h9,12,21-28H,1-2,5,8,10-11,13-20H2,3-4,6-7H3. The first-order valence-electron chi connectivity index (χ1n) is 15.7. The average molecular weight is 623 g/mol. The second kappa shape index (κ2) is 18.8. The molecule has 0 atom stereocenters. The van der Waals surface area contributed by atoms with Crippen molar-refractivity contribution in [2.75, 3.05) is 0 Å². The van der Waals surface area contributed by atoms with Crippen LogP contribution in [0.1, 0.15) is 93.4 Å². The Morgan fingerprint density at radius 2 is 0.977 bits per heavy atom. The fraction of sp³-hybridized carbons (Fsp3) is 0.429. The molecular weight excluding hydrogens is 573 g/mol. The van der Waals surface area contributed by atoms with Crippen molar-refractivity contribution < 1.29 is 29.1 Å². The minimum Gasteiger partial charge on any atom is -0.289 e. The van der Waals surface area contributed by atoms with Gasteiger partial charge in [0.25, 0.3) is 0 Å². The fourth-order valence-corrected chi connectivity index (χ4v) is 11.3. The van der Waals surface area contributed by atoms with Gasteiger partial charge in [0.05, 0.1) is 11.1 Å². The highest BCUT2D eigenvalue weighted by Gasteiger charge is 2.29. The predicted molar refractivity (Wildman–Crippen MR) is 180 cm³/mol. The van der Waals surface area contributed by atoms with Crippen LogP contribution in [0.5, 0.6) is 0 Å². The van der Waals surface area contributed by atoms with E-state index in [1.54, 1.807) is 24.3 Å². The highest BCUT2D eigenvalue weighted by atomic mass is 28.3. The molecule has 2 radical (unpaired) electrons. The second-order valence-corrected chi connectivity index (χ2v) is 20.4. The van der Waals surface area contributed by atoms with Crippen molar-refractivity contribution in [2.24, 2.45) is 0 Å². The van der Waals surface area contributed by atoms with Crippen molar-refractivity contribution in [3.8, 4) is 0 Å². The summed E-state index contributed by atoms with van der Waals surface area (Å²) in [5, 5.41) is 2.45. The van der Waals surface area contributed by atoms with Gasteiger partial charge in [-0.1, -0.05) is 137 Å². The molecule has 0 saturated heterocycles. The van der Waals surface area contributed by atoms with Gasteiger partial charge in [-0.05, 0) is 30.7 Å². The number of benzene rings is 2. The van der Waals surface area contributed by atoms with Crippen LogP contribution in [0.25, 0.3) is 0 Å². The van der Waals surface area contributed by atoms with E-state index in [2.05, 4.69) is 59.2 Å². The number of rotatable bonds is 21. The molecule has 0 fully saturated rings. The summed E-state index contributed by atoms with van der Waals surface area (Å²) >= 11 is 0. The third-order valence-corrected chi connectivity index (χ3v) is 18.3. The van der Waals surface area contributed by atoms with Crippen LogP contribution in [0, 0.1) is 13.2 Å². The van der Waals surface area contributed by atoms with Gasteiger partial charge < -0.3 is 0 Å². The molecule has 8 heteroatoms. The summed E-state index contributed by atoms with van der Waals surface area (Å²) in [4.78, 5) is 46.3. The zero-order valence-corrected chi connectivity index (χ0v) is 28.6. The first-order chi connectivity index (χ1) is 20.8. The number of carbonyl (C=O) groups excluding carboxylic acids is 2. The number of hydrogen-bond acceptors (Lipinski definition) is 6. The molecule has 0 aliphatic carbocycles. The van der Waals surface area contributed by atoms with Crippen LogP contribution in [0.2, 0.25) is 24.2 Å². The molecule has 0 aromatic heterocycles. The van der Waals surface area contributed by atoms with Gasteiger partial charge in [0.1, 0.15) is 16.1 Å². The Hall–Kier alpha value is -2.79. The fourth-order valence-electron chi connectivity index (χ4n) is 5.34. The second-order valence-electron chi connectivity index (χ2n) is 10.9. The van der Waals surface area contributed by atoms with E-state index < -0.39 is 28.1 Å². The van der Waals surface area contributed by atoms with Gasteiger partial charge >= 0.3 is 18.2 Å². The van der Waals surface area contributed by atoms with Crippen LogP contribution in [0.15, 0.2) is 73.1 Å². The predicted octanol–water partition coefficient (Wildman–Crippen LogP) is 8.46. The van der Waals surface area contributed by atoms with E-state index in [-0.39, 0.29) is 6.29 Å². The smallest absolute Gasteiger partial charge is 0.289 e. The van der Waals surface area contributed by atoms with Gasteiger partial charge in [0.2, 0.25) is 0 Å². The summed E-state index contributed by atoms with van der Waals surface area (Å²) in [5.41, 5.74) is 4.91. The zero-order valence-electron chi connectivity index (χ0n) is 26.6. The maximum atomic E-state index is 12.8. The van der Waals surface area contributed by atoms with E-state index in [0.717, 1.165) is 62.7 Å². The molecule has 0 unspecified atom stereocenters. The first kappa shape index (κ1) is 36.4. The summed E-state index contributed by atoms with van der Waals surface area (Å²) in [6.45, 7) is 20.7. The lowest BCUT2D eigenvalue weighted by molar-refractivity contribution is -0.363. The van der Waals surface area contributed by atoms with Crippen molar-refractivity contribution in [1.29, 1.82) is 0 Å². The third kappa shape index (κ3) is 10.1. The van der Waals surface area contributed by atoms with Gasteiger partial charge in [0.15, 0.2) is 0 Å². The number of hydrogen-bond donors (Lipinski definition) is 0. The topological polar surface area (TPSA) is 71.1 Å². The van der Waals surface area contributed by atoms with E-state index in [0.29, 0.717) is 17.5 Å². The monoisotopic (exact) mass is 622 g/mol. The average Bonchev–Trinajstić information content (AvgIpc) is 3.06. The molecule has 2 aromatic carbocycles. The molecule has 2 rings (SSSR count). The zero-order chi connectivity index (χ0) is 31.7. The van der Waals surface area contributed by atoms with Gasteiger partial charge in [-0.3, -0.25) is 9.78 Å². The molecule has 0 N–H and O–H groups in total. The normalized spacial score (nSPS) is 11.8. The van der Waals surface area contributed by atoms with Gasteiger partial charge in [0, 0.05) is 6.42 Å². The first-order valence-corrected chi connectivity index (χ1v) is 20.7. The lowest BCUT2D eigenvalue weighted by atomic mass is 10.1. The molecule has 0 aliphatic heterocycles. The molecule has 43 heavy (non-hydrogen) atoms. The van der Waals surface area contributed by atoms with Crippen LogP contribution < -0.4 is 10.4 Å². The Morgan fingerprint density at radius 3 is 1.33 bits per heavy atom. The van der Waals surface area contributed by atoms with Gasteiger partial charge in [-0.15, -0.1) is 22.9 Å². The van der Waals surface area contributed by atoms with Crippen LogP contribution in [0.3, 0.4) is 0 Å². The van der Waals surface area contributed by atoms with E-state index >= 15 is 0 Å². The summed E-state index contributed by atoms with van der Waals surface area (Å²) in [6, 6.07) is 19.0. The van der Waals surface area contributed by atoms with Crippen LogP contribution in [-0.4, -0.2) is 28.1 Å². The van der Waals surface area contributed by atoms with Crippen LogP contribution in [0.4, 0.5) is 0 Å². The summed E-state index contributed by atoms with van der Waals surface area (Å²) in [6.07, 6.45) is 5.99. The third-order valence-electron chi connectivity index (χ3n) is 8.75. The summed E-state index contributed by atoms with van der Waals surface area (Å²) < 4.78 is 0. The van der Waals surface area contributed by atoms with E-state index in [1.165, 1.54) is 10.4 Å². The Kier molecular flexibility index (Phi) is 15.9. The maximum absolute atomic E-state index is 12.8. The Labute approximate surface area is 261 Å². The van der Waals surface area contributed by atoms with Crippen LogP contribution in [-0.2, 0) is 19.6 Å². The van der Waals surface area contributed by atoms with E-state index in [4.69, 9.17) is 19.6 Å². The maximum Gasteiger partial charge on any atom is 0.373 e. The lowest BCUT2D eigenvalue weighted by Gasteiger charge is -2.26.